The van der Waals surface area contributed by atoms with Gasteiger partial charge in [-0.3, -0.25) is 4.79 Å². The molecule has 0 radical (unpaired) electrons. The van der Waals surface area contributed by atoms with Crippen LogP contribution in [-0.2, 0) is 4.79 Å². The molecule has 0 bridgehead atoms. The molecule has 1 aromatic carbocycles. The van der Waals surface area contributed by atoms with Crippen LogP contribution in [0.1, 0.15) is 35.7 Å². The molecule has 0 heterocycles. The van der Waals surface area contributed by atoms with Crippen LogP contribution in [-0.4, -0.2) is 28.2 Å². The minimum absolute atomic E-state index is 0.170. The van der Waals surface area contributed by atoms with Crippen LogP contribution in [0.15, 0.2) is 18.2 Å². The van der Waals surface area contributed by atoms with E-state index in [9.17, 15) is 9.59 Å². The summed E-state index contributed by atoms with van der Waals surface area (Å²) in [5.41, 5.74) is 1.18. The molecule has 0 aliphatic heterocycles. The zero-order valence-corrected chi connectivity index (χ0v) is 10.4. The minimum Gasteiger partial charge on any atom is -0.478 e. The topological polar surface area (TPSA) is 86.6 Å². The number of carboxylic acids is 1. The highest BCUT2D eigenvalue weighted by Crippen LogP contribution is 2.19. The van der Waals surface area contributed by atoms with Crippen LogP contribution in [0.3, 0.4) is 0 Å². The second kappa shape index (κ2) is 6.16. The summed E-state index contributed by atoms with van der Waals surface area (Å²) in [6.07, 6.45) is 0.0555. The van der Waals surface area contributed by atoms with Crippen molar-refractivity contribution in [3.05, 3.63) is 29.3 Å². The minimum atomic E-state index is -1.02. The largest absolute Gasteiger partial charge is 0.478 e. The number of aliphatic hydroxyl groups is 1. The van der Waals surface area contributed by atoms with Gasteiger partial charge in [0.2, 0.25) is 5.91 Å². The van der Waals surface area contributed by atoms with Gasteiger partial charge in [0.05, 0.1) is 11.7 Å². The Bertz CT molecular complexity index is 454. The molecule has 0 fully saturated rings. The molecule has 1 unspecified atom stereocenters. The molecule has 1 atom stereocenters. The number of hydrogen-bond acceptors (Lipinski definition) is 3. The maximum Gasteiger partial charge on any atom is 0.336 e. The lowest BCUT2D eigenvalue weighted by molar-refractivity contribution is -0.116. The highest BCUT2D eigenvalue weighted by atomic mass is 16.4. The van der Waals surface area contributed by atoms with Gasteiger partial charge in [0.15, 0.2) is 0 Å². The summed E-state index contributed by atoms with van der Waals surface area (Å²) in [7, 11) is 0. The smallest absolute Gasteiger partial charge is 0.336 e. The summed E-state index contributed by atoms with van der Waals surface area (Å²) in [5.74, 6) is -1.26. The van der Waals surface area contributed by atoms with Crippen LogP contribution in [0.5, 0.6) is 0 Å². The Hall–Kier alpha value is -1.88. The van der Waals surface area contributed by atoms with Crippen molar-refractivity contribution < 1.29 is 19.8 Å². The van der Waals surface area contributed by atoms with Crippen molar-refractivity contribution in [1.82, 2.24) is 0 Å². The van der Waals surface area contributed by atoms with Crippen LogP contribution >= 0.6 is 0 Å². The lowest BCUT2D eigenvalue weighted by Gasteiger charge is -2.10. The number of carboxylic acid groups (broad SMARTS) is 1. The molecule has 0 saturated heterocycles. The lowest BCUT2D eigenvalue weighted by atomic mass is 10.1. The van der Waals surface area contributed by atoms with Gasteiger partial charge >= 0.3 is 5.97 Å². The average molecular weight is 251 g/mol. The number of rotatable bonds is 5. The number of aromatic carboxylic acids is 1. The average Bonchev–Trinajstić information content (AvgIpc) is 2.29. The van der Waals surface area contributed by atoms with Crippen molar-refractivity contribution in [2.45, 2.75) is 32.8 Å². The van der Waals surface area contributed by atoms with Crippen molar-refractivity contribution in [2.75, 3.05) is 5.32 Å². The Morgan fingerprint density at radius 1 is 1.39 bits per heavy atom. The van der Waals surface area contributed by atoms with Gasteiger partial charge in [-0.25, -0.2) is 4.79 Å². The van der Waals surface area contributed by atoms with Gasteiger partial charge in [-0.05, 0) is 38.0 Å². The molecule has 1 rings (SSSR count). The van der Waals surface area contributed by atoms with E-state index in [1.54, 1.807) is 26.0 Å². The van der Waals surface area contributed by atoms with Crippen LogP contribution in [0.25, 0.3) is 0 Å². The number of nitrogens with one attached hydrogen (secondary N) is 1. The van der Waals surface area contributed by atoms with E-state index < -0.39 is 12.1 Å². The van der Waals surface area contributed by atoms with Crippen LogP contribution in [0.4, 0.5) is 5.69 Å². The number of anilines is 1. The summed E-state index contributed by atoms with van der Waals surface area (Å²) < 4.78 is 0. The molecule has 5 nitrogen and oxygen atoms in total. The van der Waals surface area contributed by atoms with E-state index in [-0.39, 0.29) is 17.9 Å². The van der Waals surface area contributed by atoms with Gasteiger partial charge in [0.25, 0.3) is 0 Å². The Labute approximate surface area is 105 Å². The van der Waals surface area contributed by atoms with Gasteiger partial charge in [0, 0.05) is 12.1 Å². The van der Waals surface area contributed by atoms with Crippen molar-refractivity contribution in [3.63, 3.8) is 0 Å². The van der Waals surface area contributed by atoms with Crippen molar-refractivity contribution >= 4 is 17.6 Å². The van der Waals surface area contributed by atoms with Crippen molar-refractivity contribution in [1.29, 1.82) is 0 Å². The van der Waals surface area contributed by atoms with Crippen LogP contribution in [0.2, 0.25) is 0 Å². The normalized spacial score (nSPS) is 11.9. The Kier molecular flexibility index (Phi) is 4.85. The third kappa shape index (κ3) is 3.85. The van der Waals surface area contributed by atoms with Gasteiger partial charge in [-0.15, -0.1) is 0 Å². The summed E-state index contributed by atoms with van der Waals surface area (Å²) in [6, 6.07) is 4.73. The maximum atomic E-state index is 11.6. The van der Waals surface area contributed by atoms with E-state index in [0.29, 0.717) is 17.7 Å². The highest BCUT2D eigenvalue weighted by Gasteiger charge is 2.12. The Balaban J connectivity index is 2.76. The SMILES string of the molecule is Cc1c(NC(=O)CCC(C)O)cccc1C(=O)O. The van der Waals surface area contributed by atoms with E-state index in [2.05, 4.69) is 5.32 Å². The summed E-state index contributed by atoms with van der Waals surface area (Å²) >= 11 is 0. The summed E-state index contributed by atoms with van der Waals surface area (Å²) in [6.45, 7) is 3.26. The second-order valence-corrected chi connectivity index (χ2v) is 4.22. The third-order valence-corrected chi connectivity index (χ3v) is 2.63. The van der Waals surface area contributed by atoms with Gasteiger partial charge < -0.3 is 15.5 Å². The molecule has 1 amide bonds. The van der Waals surface area contributed by atoms with Gasteiger partial charge in [0.1, 0.15) is 0 Å². The zero-order valence-electron chi connectivity index (χ0n) is 10.4. The molecule has 18 heavy (non-hydrogen) atoms. The molecule has 1 aromatic rings. The molecule has 0 spiro atoms. The molecular weight excluding hydrogens is 234 g/mol. The first-order valence-corrected chi connectivity index (χ1v) is 5.72. The fourth-order valence-corrected chi connectivity index (χ4v) is 1.56. The van der Waals surface area contributed by atoms with Crippen molar-refractivity contribution in [3.8, 4) is 0 Å². The first-order valence-electron chi connectivity index (χ1n) is 5.72. The monoisotopic (exact) mass is 251 g/mol. The predicted octanol–water partition coefficient (Wildman–Crippen LogP) is 1.79. The van der Waals surface area contributed by atoms with Gasteiger partial charge in [-0.2, -0.15) is 0 Å². The predicted molar refractivity (Wildman–Crippen MR) is 67.7 cm³/mol. The fraction of sp³-hybridized carbons (Fsp3) is 0.385. The number of carbonyl (C=O) groups is 2. The Morgan fingerprint density at radius 3 is 2.61 bits per heavy atom. The van der Waals surface area contributed by atoms with Crippen LogP contribution in [0, 0.1) is 6.92 Å². The number of hydrogen-bond donors (Lipinski definition) is 3. The van der Waals surface area contributed by atoms with E-state index in [1.807, 2.05) is 0 Å². The molecule has 0 saturated carbocycles. The van der Waals surface area contributed by atoms with E-state index in [4.69, 9.17) is 10.2 Å². The number of aliphatic hydroxyl groups excluding tert-OH is 1. The molecule has 0 aromatic heterocycles. The summed E-state index contributed by atoms with van der Waals surface area (Å²) in [4.78, 5) is 22.5. The number of carbonyl (C=O) groups excluding carboxylic acids is 1. The molecule has 0 aliphatic carbocycles. The molecule has 3 N–H and O–H groups in total. The lowest BCUT2D eigenvalue weighted by Crippen LogP contribution is -2.15. The fourth-order valence-electron chi connectivity index (χ4n) is 1.56. The molecular formula is C13H17NO4. The number of amides is 1. The zero-order chi connectivity index (χ0) is 13.7. The number of benzene rings is 1. The first kappa shape index (κ1) is 14.2. The quantitative estimate of drug-likeness (QED) is 0.744. The van der Waals surface area contributed by atoms with E-state index >= 15 is 0 Å². The van der Waals surface area contributed by atoms with E-state index in [0.717, 1.165) is 0 Å². The Morgan fingerprint density at radius 2 is 2.06 bits per heavy atom. The standard InChI is InChI=1S/C13H17NO4/c1-8(15)6-7-12(16)14-11-5-3-4-10(9(11)2)13(17)18/h3-5,8,15H,6-7H2,1-2H3,(H,14,16)(H,17,18). The van der Waals surface area contributed by atoms with Crippen LogP contribution < -0.4 is 5.32 Å². The van der Waals surface area contributed by atoms with Gasteiger partial charge in [-0.1, -0.05) is 6.07 Å². The summed E-state index contributed by atoms with van der Waals surface area (Å²) in [5, 5.41) is 20.7. The van der Waals surface area contributed by atoms with Crippen molar-refractivity contribution in [2.24, 2.45) is 0 Å². The highest BCUT2D eigenvalue weighted by molar-refractivity contribution is 5.96. The first-order chi connectivity index (χ1) is 8.41. The molecule has 98 valence electrons. The maximum absolute atomic E-state index is 11.6. The molecule has 0 aliphatic rings. The van der Waals surface area contributed by atoms with E-state index in [1.165, 1.54) is 6.07 Å². The third-order valence-electron chi connectivity index (χ3n) is 2.63. The molecule has 5 heteroatoms. The second-order valence-electron chi connectivity index (χ2n) is 4.22.